The van der Waals surface area contributed by atoms with Crippen LogP contribution in [0.4, 0.5) is 11.6 Å². The van der Waals surface area contributed by atoms with Crippen LogP contribution in [0, 0.1) is 0 Å². The first-order valence-corrected chi connectivity index (χ1v) is 10.5. The van der Waals surface area contributed by atoms with Gasteiger partial charge >= 0.3 is 0 Å². The monoisotopic (exact) mass is 442 g/mol. The number of anilines is 2. The maximum absolute atomic E-state index is 13.0. The minimum Gasteiger partial charge on any atom is -0.324 e. The third kappa shape index (κ3) is 3.98. The molecule has 5 rings (SSSR count). The number of aromatic nitrogens is 4. The van der Waals surface area contributed by atoms with Crippen LogP contribution in [-0.2, 0) is 4.79 Å². The Labute approximate surface area is 189 Å². The van der Waals surface area contributed by atoms with Crippen LogP contribution in [0.15, 0.2) is 91.0 Å². The highest BCUT2D eigenvalue weighted by atomic mass is 35.5. The van der Waals surface area contributed by atoms with E-state index < -0.39 is 0 Å². The predicted octanol–water partition coefficient (Wildman–Crippen LogP) is 4.42. The van der Waals surface area contributed by atoms with Crippen molar-refractivity contribution in [2.45, 2.75) is 6.04 Å². The van der Waals surface area contributed by atoms with E-state index in [-0.39, 0.29) is 18.5 Å². The van der Waals surface area contributed by atoms with Crippen LogP contribution in [0.25, 0.3) is 5.70 Å². The summed E-state index contributed by atoms with van der Waals surface area (Å²) in [5.41, 5.74) is 3.52. The molecule has 0 fully saturated rings. The molecule has 2 heterocycles. The smallest absolute Gasteiger partial charge is 0.251 e. The summed E-state index contributed by atoms with van der Waals surface area (Å²) < 4.78 is 1.73. The van der Waals surface area contributed by atoms with Crippen molar-refractivity contribution in [2.75, 3.05) is 16.8 Å². The van der Waals surface area contributed by atoms with Gasteiger partial charge in [0.05, 0.1) is 5.70 Å². The number of hydrogen-bond donors (Lipinski definition) is 1. The van der Waals surface area contributed by atoms with E-state index in [1.165, 1.54) is 0 Å². The summed E-state index contributed by atoms with van der Waals surface area (Å²) in [5.74, 6) is 0.295. The van der Waals surface area contributed by atoms with E-state index in [2.05, 4.69) is 26.9 Å². The van der Waals surface area contributed by atoms with Crippen molar-refractivity contribution < 1.29 is 4.79 Å². The standard InChI is InChI=1S/C24H19ClN6O/c25-19-12-7-13-20(14-19)26-23(32)16-30-21(17-8-3-1-4-9-17)15-22(18-10-5-2-6-11-18)31-24(30)27-28-29-31/h1-15,22H,16H2,(H,26,32)/t22-/m1/s1. The zero-order valence-electron chi connectivity index (χ0n) is 17.0. The van der Waals surface area contributed by atoms with Gasteiger partial charge in [0.2, 0.25) is 5.91 Å². The van der Waals surface area contributed by atoms with Crippen molar-refractivity contribution >= 4 is 34.8 Å². The average molecular weight is 443 g/mol. The Morgan fingerprint density at radius 1 is 0.969 bits per heavy atom. The quantitative estimate of drug-likeness (QED) is 0.495. The number of hydrogen-bond acceptors (Lipinski definition) is 5. The lowest BCUT2D eigenvalue weighted by atomic mass is 10.0. The van der Waals surface area contributed by atoms with Gasteiger partial charge in [0.15, 0.2) is 0 Å². The molecule has 158 valence electrons. The van der Waals surface area contributed by atoms with Crippen LogP contribution in [-0.4, -0.2) is 32.7 Å². The van der Waals surface area contributed by atoms with Crippen molar-refractivity contribution in [3.8, 4) is 0 Å². The van der Waals surface area contributed by atoms with Crippen LogP contribution in [0.2, 0.25) is 5.02 Å². The summed E-state index contributed by atoms with van der Waals surface area (Å²) in [6, 6.07) is 26.8. The first-order chi connectivity index (χ1) is 15.7. The molecule has 0 saturated carbocycles. The van der Waals surface area contributed by atoms with E-state index in [0.717, 1.165) is 16.8 Å². The molecule has 1 aromatic heterocycles. The minimum atomic E-state index is -0.207. The van der Waals surface area contributed by atoms with E-state index >= 15 is 0 Å². The van der Waals surface area contributed by atoms with Crippen LogP contribution < -0.4 is 10.2 Å². The summed E-state index contributed by atoms with van der Waals surface area (Å²) in [4.78, 5) is 14.8. The molecule has 1 atom stereocenters. The molecular formula is C24H19ClN6O. The summed E-state index contributed by atoms with van der Waals surface area (Å²) in [5, 5.41) is 15.8. The van der Waals surface area contributed by atoms with Crippen LogP contribution in [0.1, 0.15) is 17.2 Å². The van der Waals surface area contributed by atoms with Gasteiger partial charge in [-0.3, -0.25) is 9.69 Å². The number of benzene rings is 3. The second-order valence-electron chi connectivity index (χ2n) is 7.34. The maximum atomic E-state index is 13.0. The van der Waals surface area contributed by atoms with Gasteiger partial charge in [0.1, 0.15) is 12.6 Å². The van der Waals surface area contributed by atoms with Crippen molar-refractivity contribution in [1.82, 2.24) is 20.2 Å². The molecule has 1 aliphatic heterocycles. The number of nitrogens with zero attached hydrogens (tertiary/aromatic N) is 5. The van der Waals surface area contributed by atoms with E-state index in [1.807, 2.05) is 65.6 Å². The Bertz CT molecular complexity index is 1270. The van der Waals surface area contributed by atoms with Gasteiger partial charge in [-0.05, 0) is 45.8 Å². The molecule has 7 nitrogen and oxygen atoms in total. The van der Waals surface area contributed by atoms with E-state index in [0.29, 0.717) is 16.7 Å². The Morgan fingerprint density at radius 3 is 2.47 bits per heavy atom. The van der Waals surface area contributed by atoms with Gasteiger partial charge in [0.25, 0.3) is 5.95 Å². The molecule has 8 heteroatoms. The second-order valence-corrected chi connectivity index (χ2v) is 7.78. The van der Waals surface area contributed by atoms with E-state index in [9.17, 15) is 4.79 Å². The number of amides is 1. The lowest BCUT2D eigenvalue weighted by Gasteiger charge is -2.32. The van der Waals surface area contributed by atoms with Crippen LogP contribution in [0.5, 0.6) is 0 Å². The molecule has 0 unspecified atom stereocenters. The van der Waals surface area contributed by atoms with Crippen molar-refractivity contribution in [3.63, 3.8) is 0 Å². The lowest BCUT2D eigenvalue weighted by Crippen LogP contribution is -2.37. The number of halogens is 1. The zero-order chi connectivity index (χ0) is 21.9. The van der Waals surface area contributed by atoms with Gasteiger partial charge in [-0.25, -0.2) is 0 Å². The van der Waals surface area contributed by atoms with Gasteiger partial charge in [-0.1, -0.05) is 83.4 Å². The van der Waals surface area contributed by atoms with E-state index in [1.54, 1.807) is 28.9 Å². The summed E-state index contributed by atoms with van der Waals surface area (Å²) in [7, 11) is 0. The first-order valence-electron chi connectivity index (χ1n) is 10.1. The zero-order valence-corrected chi connectivity index (χ0v) is 17.7. The highest BCUT2D eigenvalue weighted by molar-refractivity contribution is 6.30. The average Bonchev–Trinajstić information content (AvgIpc) is 3.30. The fourth-order valence-corrected chi connectivity index (χ4v) is 3.97. The highest BCUT2D eigenvalue weighted by Crippen LogP contribution is 2.36. The summed E-state index contributed by atoms with van der Waals surface area (Å²) >= 11 is 6.05. The largest absolute Gasteiger partial charge is 0.324 e. The van der Waals surface area contributed by atoms with Gasteiger partial charge in [0, 0.05) is 10.7 Å². The predicted molar refractivity (Wildman–Crippen MR) is 124 cm³/mol. The molecule has 3 aromatic carbocycles. The topological polar surface area (TPSA) is 75.9 Å². The molecule has 0 bridgehead atoms. The Morgan fingerprint density at radius 2 is 1.72 bits per heavy atom. The Kier molecular flexibility index (Phi) is 5.39. The molecule has 1 amide bonds. The SMILES string of the molecule is O=C(CN1C(c2ccccc2)=C[C@H](c2ccccc2)n2nnnc21)Nc1cccc(Cl)c1. The molecule has 1 N–H and O–H groups in total. The molecule has 0 radical (unpaired) electrons. The van der Waals surface area contributed by atoms with Gasteiger partial charge in [-0.2, -0.15) is 4.68 Å². The van der Waals surface area contributed by atoms with Crippen molar-refractivity contribution in [2.24, 2.45) is 0 Å². The van der Waals surface area contributed by atoms with Gasteiger partial charge in [-0.15, -0.1) is 0 Å². The Balaban J connectivity index is 1.52. The van der Waals surface area contributed by atoms with Crippen LogP contribution >= 0.6 is 11.6 Å². The molecule has 0 spiro atoms. The molecule has 32 heavy (non-hydrogen) atoms. The number of carbonyl (C=O) groups excluding carboxylic acids is 1. The molecular weight excluding hydrogens is 424 g/mol. The number of carbonyl (C=O) groups is 1. The first kappa shape index (κ1) is 20.0. The fraction of sp³-hybridized carbons (Fsp3) is 0.0833. The third-order valence-corrected chi connectivity index (χ3v) is 5.44. The van der Waals surface area contributed by atoms with Crippen molar-refractivity contribution in [1.29, 1.82) is 0 Å². The van der Waals surface area contributed by atoms with Crippen molar-refractivity contribution in [3.05, 3.63) is 107 Å². The second kappa shape index (κ2) is 8.64. The summed E-state index contributed by atoms with van der Waals surface area (Å²) in [6.07, 6.45) is 2.08. The maximum Gasteiger partial charge on any atom is 0.251 e. The van der Waals surface area contributed by atoms with Gasteiger partial charge < -0.3 is 5.32 Å². The molecule has 1 aliphatic rings. The number of tetrazole rings is 1. The third-order valence-electron chi connectivity index (χ3n) is 5.21. The molecule has 0 aliphatic carbocycles. The summed E-state index contributed by atoms with van der Waals surface area (Å²) in [6.45, 7) is 0.0368. The number of fused-ring (bicyclic) bond motifs is 1. The lowest BCUT2D eigenvalue weighted by molar-refractivity contribution is -0.114. The minimum absolute atomic E-state index is 0.0368. The number of rotatable bonds is 5. The van der Waals surface area contributed by atoms with Crippen LogP contribution in [0.3, 0.4) is 0 Å². The molecule has 4 aromatic rings. The number of nitrogens with one attached hydrogen (secondary N) is 1. The van der Waals surface area contributed by atoms with E-state index in [4.69, 9.17) is 11.6 Å². The number of allylic oxidation sites excluding steroid dienone is 1. The molecule has 0 saturated heterocycles. The normalized spacial score (nSPS) is 15.1. The fourth-order valence-electron chi connectivity index (χ4n) is 3.78. The Hall–Kier alpha value is -3.97. The highest BCUT2D eigenvalue weighted by Gasteiger charge is 2.31.